The summed E-state index contributed by atoms with van der Waals surface area (Å²) in [5.74, 6) is 2.07. The van der Waals surface area contributed by atoms with Crippen molar-refractivity contribution in [3.8, 4) is 0 Å². The van der Waals surface area contributed by atoms with Crippen LogP contribution in [0.5, 0.6) is 0 Å². The molecule has 3 rings (SSSR count). The lowest BCUT2D eigenvalue weighted by atomic mass is 9.83. The molecule has 2 saturated carbocycles. The van der Waals surface area contributed by atoms with Crippen LogP contribution >= 0.6 is 12.2 Å². The number of aromatic nitrogens is 3. The molecule has 0 amide bonds. The van der Waals surface area contributed by atoms with Gasteiger partial charge in [0.25, 0.3) is 0 Å². The van der Waals surface area contributed by atoms with Crippen LogP contribution < -0.4 is 0 Å². The zero-order valence-electron chi connectivity index (χ0n) is 8.20. The zero-order chi connectivity index (χ0) is 9.54. The molecular weight excluding hydrogens is 194 g/mol. The fourth-order valence-corrected chi connectivity index (χ4v) is 2.45. The molecule has 1 N–H and O–H groups in total. The largest absolute Gasteiger partial charge is 0.301 e. The van der Waals surface area contributed by atoms with Crippen molar-refractivity contribution in [3.63, 3.8) is 0 Å². The van der Waals surface area contributed by atoms with E-state index in [9.17, 15) is 0 Å². The molecule has 76 valence electrons. The molecule has 1 heterocycles. The third-order valence-electron chi connectivity index (χ3n) is 3.39. The third kappa shape index (κ3) is 1.41. The molecule has 2 aliphatic carbocycles. The average Bonchev–Trinajstić information content (AvgIpc) is 2.85. The van der Waals surface area contributed by atoms with Gasteiger partial charge in [0.1, 0.15) is 5.82 Å². The molecule has 14 heavy (non-hydrogen) atoms. The second kappa shape index (κ2) is 3.19. The van der Waals surface area contributed by atoms with E-state index in [0.717, 1.165) is 17.1 Å². The molecule has 2 fully saturated rings. The minimum absolute atomic E-state index is 0.663. The monoisotopic (exact) mass is 209 g/mol. The van der Waals surface area contributed by atoms with E-state index in [1.165, 1.54) is 37.9 Å². The van der Waals surface area contributed by atoms with Gasteiger partial charge in [-0.15, -0.1) is 0 Å². The van der Waals surface area contributed by atoms with Crippen LogP contribution in [-0.2, 0) is 6.42 Å². The van der Waals surface area contributed by atoms with Gasteiger partial charge in [0.2, 0.25) is 0 Å². The van der Waals surface area contributed by atoms with Crippen molar-refractivity contribution in [1.82, 2.24) is 14.8 Å². The second-order valence-corrected chi connectivity index (χ2v) is 4.93. The lowest BCUT2D eigenvalue weighted by Crippen LogP contribution is -2.16. The number of rotatable bonds is 3. The van der Waals surface area contributed by atoms with Crippen molar-refractivity contribution < 1.29 is 0 Å². The van der Waals surface area contributed by atoms with Crippen LogP contribution in [0, 0.1) is 10.7 Å². The summed E-state index contributed by atoms with van der Waals surface area (Å²) in [6.07, 6.45) is 7.86. The molecule has 1 aromatic heterocycles. The first-order valence-corrected chi connectivity index (χ1v) is 5.91. The van der Waals surface area contributed by atoms with E-state index in [1.54, 1.807) is 0 Å². The minimum atomic E-state index is 0.663. The topological polar surface area (TPSA) is 33.6 Å². The number of hydrogen-bond acceptors (Lipinski definition) is 2. The first kappa shape index (κ1) is 8.65. The molecule has 0 atom stereocenters. The maximum atomic E-state index is 5.24. The predicted molar refractivity (Wildman–Crippen MR) is 56.7 cm³/mol. The summed E-state index contributed by atoms with van der Waals surface area (Å²) in [4.78, 5) is 0. The van der Waals surface area contributed by atoms with Gasteiger partial charge >= 0.3 is 0 Å². The summed E-state index contributed by atoms with van der Waals surface area (Å²) in [5.41, 5.74) is 0. The Labute approximate surface area is 88.5 Å². The number of nitrogens with one attached hydrogen (secondary N) is 1. The highest BCUT2D eigenvalue weighted by Crippen LogP contribution is 2.37. The molecule has 0 aliphatic heterocycles. The van der Waals surface area contributed by atoms with E-state index in [0.29, 0.717) is 6.04 Å². The van der Waals surface area contributed by atoms with Gasteiger partial charge < -0.3 is 4.57 Å². The maximum absolute atomic E-state index is 5.24. The summed E-state index contributed by atoms with van der Waals surface area (Å²) in [6, 6.07) is 0.663. The fourth-order valence-electron chi connectivity index (χ4n) is 2.15. The van der Waals surface area contributed by atoms with Crippen LogP contribution in [0.1, 0.15) is 44.0 Å². The lowest BCUT2D eigenvalue weighted by molar-refractivity contribution is 0.305. The quantitative estimate of drug-likeness (QED) is 0.776. The second-order valence-electron chi connectivity index (χ2n) is 4.55. The normalized spacial score (nSPS) is 22.3. The highest BCUT2D eigenvalue weighted by atomic mass is 32.1. The molecule has 3 nitrogen and oxygen atoms in total. The van der Waals surface area contributed by atoms with Crippen molar-refractivity contribution in [3.05, 3.63) is 10.6 Å². The molecule has 0 unspecified atom stereocenters. The standard InChI is InChI=1S/C10H15N3S/c14-10-12-11-9(6-7-2-1-3-7)13(10)8-4-5-8/h7-8H,1-6H2,(H,12,14). The van der Waals surface area contributed by atoms with Crippen molar-refractivity contribution in [1.29, 1.82) is 0 Å². The van der Waals surface area contributed by atoms with Gasteiger partial charge in [0.15, 0.2) is 4.77 Å². The van der Waals surface area contributed by atoms with Gasteiger partial charge in [-0.3, -0.25) is 5.10 Å². The zero-order valence-corrected chi connectivity index (χ0v) is 9.02. The SMILES string of the molecule is S=c1[nH]nc(CC2CCC2)n1C1CC1. The molecule has 4 heteroatoms. The van der Waals surface area contributed by atoms with Crippen LogP contribution in [0.25, 0.3) is 0 Å². The lowest BCUT2D eigenvalue weighted by Gasteiger charge is -2.24. The number of aromatic amines is 1. The smallest absolute Gasteiger partial charge is 0.195 e. The molecule has 1 aromatic rings. The van der Waals surface area contributed by atoms with Crippen LogP contribution in [0.2, 0.25) is 0 Å². The first-order chi connectivity index (χ1) is 6.84. The number of nitrogens with zero attached hydrogens (tertiary/aromatic N) is 2. The fraction of sp³-hybridized carbons (Fsp3) is 0.800. The Morgan fingerprint density at radius 3 is 2.71 bits per heavy atom. The van der Waals surface area contributed by atoms with Crippen molar-refractivity contribution in [2.75, 3.05) is 0 Å². The van der Waals surface area contributed by atoms with E-state index in [4.69, 9.17) is 12.2 Å². The van der Waals surface area contributed by atoms with Gasteiger partial charge in [0.05, 0.1) is 0 Å². The van der Waals surface area contributed by atoms with E-state index in [-0.39, 0.29) is 0 Å². The van der Waals surface area contributed by atoms with Crippen molar-refractivity contribution >= 4 is 12.2 Å². The Balaban J connectivity index is 1.84. The molecular formula is C10H15N3S. The maximum Gasteiger partial charge on any atom is 0.195 e. The molecule has 0 bridgehead atoms. The van der Waals surface area contributed by atoms with Gasteiger partial charge in [0, 0.05) is 12.5 Å². The Kier molecular flexibility index (Phi) is 1.97. The summed E-state index contributed by atoms with van der Waals surface area (Å²) in [6.45, 7) is 0. The van der Waals surface area contributed by atoms with Crippen molar-refractivity contribution in [2.45, 2.75) is 44.6 Å². The van der Waals surface area contributed by atoms with Crippen LogP contribution in [0.15, 0.2) is 0 Å². The van der Waals surface area contributed by atoms with Gasteiger partial charge in [-0.2, -0.15) is 5.10 Å². The third-order valence-corrected chi connectivity index (χ3v) is 3.67. The van der Waals surface area contributed by atoms with E-state index in [1.807, 2.05) is 0 Å². The molecule has 0 spiro atoms. The van der Waals surface area contributed by atoms with E-state index < -0.39 is 0 Å². The summed E-state index contributed by atoms with van der Waals surface area (Å²) >= 11 is 5.24. The summed E-state index contributed by atoms with van der Waals surface area (Å²) in [7, 11) is 0. The van der Waals surface area contributed by atoms with Gasteiger partial charge in [-0.1, -0.05) is 19.3 Å². The minimum Gasteiger partial charge on any atom is -0.301 e. The summed E-state index contributed by atoms with van der Waals surface area (Å²) in [5, 5.41) is 7.27. The first-order valence-electron chi connectivity index (χ1n) is 5.50. The predicted octanol–water partition coefficient (Wildman–Crippen LogP) is 2.62. The molecule has 0 radical (unpaired) electrons. The number of H-pyrrole nitrogens is 1. The van der Waals surface area contributed by atoms with E-state index in [2.05, 4.69) is 14.8 Å². The Bertz CT molecular complexity index is 384. The summed E-state index contributed by atoms with van der Waals surface area (Å²) < 4.78 is 3.06. The van der Waals surface area contributed by atoms with Crippen LogP contribution in [0.3, 0.4) is 0 Å². The van der Waals surface area contributed by atoms with E-state index >= 15 is 0 Å². The number of hydrogen-bond donors (Lipinski definition) is 1. The van der Waals surface area contributed by atoms with Gasteiger partial charge in [-0.05, 0) is 31.0 Å². The molecule has 0 aromatic carbocycles. The Morgan fingerprint density at radius 2 is 2.14 bits per heavy atom. The highest BCUT2D eigenvalue weighted by Gasteiger charge is 2.29. The highest BCUT2D eigenvalue weighted by molar-refractivity contribution is 7.71. The Morgan fingerprint density at radius 1 is 1.36 bits per heavy atom. The average molecular weight is 209 g/mol. The van der Waals surface area contributed by atoms with Crippen LogP contribution in [-0.4, -0.2) is 14.8 Å². The van der Waals surface area contributed by atoms with Crippen molar-refractivity contribution in [2.24, 2.45) is 5.92 Å². The molecule has 2 aliphatic rings. The van der Waals surface area contributed by atoms with Crippen LogP contribution in [0.4, 0.5) is 0 Å². The Hall–Kier alpha value is -0.640. The van der Waals surface area contributed by atoms with Gasteiger partial charge in [-0.25, -0.2) is 0 Å². The molecule has 0 saturated heterocycles.